The van der Waals surface area contributed by atoms with Gasteiger partial charge in [-0.15, -0.1) is 0 Å². The van der Waals surface area contributed by atoms with E-state index in [0.717, 1.165) is 43.2 Å². The lowest BCUT2D eigenvalue weighted by Gasteiger charge is -2.29. The van der Waals surface area contributed by atoms with Crippen LogP contribution < -0.4 is 0 Å². The van der Waals surface area contributed by atoms with E-state index >= 15 is 0 Å². The van der Waals surface area contributed by atoms with Crippen LogP contribution in [0.4, 0.5) is 0 Å². The first kappa shape index (κ1) is 30.1. The molecule has 1 aromatic carbocycles. The molecule has 38 heavy (non-hydrogen) atoms. The van der Waals surface area contributed by atoms with Crippen LogP contribution >= 0.6 is 0 Å². The molecule has 0 amide bonds. The zero-order chi connectivity index (χ0) is 27.3. The Balaban J connectivity index is 1.72. The van der Waals surface area contributed by atoms with Crippen LogP contribution in [0.3, 0.4) is 0 Å². The highest BCUT2D eigenvalue weighted by molar-refractivity contribution is 5.69. The van der Waals surface area contributed by atoms with Gasteiger partial charge in [0, 0.05) is 44.6 Å². The Morgan fingerprint density at radius 1 is 1.21 bits per heavy atom. The molecule has 0 bridgehead atoms. The molecular weight excluding hydrogens is 484 g/mol. The number of methoxy groups -OCH3 is 1. The third-order valence-electron chi connectivity index (χ3n) is 7.28. The van der Waals surface area contributed by atoms with Crippen molar-refractivity contribution in [2.45, 2.75) is 96.2 Å². The average molecular weight is 529 g/mol. The van der Waals surface area contributed by atoms with E-state index in [9.17, 15) is 14.7 Å². The van der Waals surface area contributed by atoms with Gasteiger partial charge < -0.3 is 24.1 Å². The van der Waals surface area contributed by atoms with Crippen LogP contribution in [-0.4, -0.2) is 55.4 Å². The molecule has 1 heterocycles. The molecule has 0 spiro atoms. The van der Waals surface area contributed by atoms with Gasteiger partial charge in [-0.2, -0.15) is 0 Å². The number of rotatable bonds is 13. The third kappa shape index (κ3) is 10.0. The van der Waals surface area contributed by atoms with Gasteiger partial charge in [-0.1, -0.05) is 54.1 Å². The van der Waals surface area contributed by atoms with Crippen LogP contribution in [-0.2, 0) is 35.0 Å². The lowest BCUT2D eigenvalue weighted by atomic mass is 9.89. The van der Waals surface area contributed by atoms with E-state index in [-0.39, 0.29) is 42.3 Å². The number of esters is 2. The summed E-state index contributed by atoms with van der Waals surface area (Å²) in [5, 5.41) is 10.8. The predicted molar refractivity (Wildman–Crippen MR) is 145 cm³/mol. The lowest BCUT2D eigenvalue weighted by Crippen LogP contribution is -2.30. The molecule has 1 saturated heterocycles. The Morgan fingerprint density at radius 3 is 2.76 bits per heavy atom. The summed E-state index contributed by atoms with van der Waals surface area (Å²) in [5.74, 6) is -0.550. The monoisotopic (exact) mass is 528 g/mol. The van der Waals surface area contributed by atoms with E-state index in [2.05, 4.69) is 18.2 Å². The molecule has 1 aromatic rings. The van der Waals surface area contributed by atoms with Crippen LogP contribution in [0, 0.1) is 18.8 Å². The van der Waals surface area contributed by atoms with Crippen LogP contribution in [0.15, 0.2) is 48.6 Å². The van der Waals surface area contributed by atoms with Gasteiger partial charge in [0.15, 0.2) is 6.29 Å². The average Bonchev–Trinajstić information content (AvgIpc) is 3.19. The van der Waals surface area contributed by atoms with Gasteiger partial charge in [0.25, 0.3) is 0 Å². The number of carbonyl (C=O) groups is 2. The van der Waals surface area contributed by atoms with Gasteiger partial charge in [0.1, 0.15) is 6.10 Å². The number of hydrogen-bond acceptors (Lipinski definition) is 7. The minimum atomic E-state index is -0.634. The van der Waals surface area contributed by atoms with E-state index in [1.165, 1.54) is 14.0 Å². The first-order valence-electron chi connectivity index (χ1n) is 13.9. The van der Waals surface area contributed by atoms with Crippen LogP contribution in [0.1, 0.15) is 69.4 Å². The molecule has 210 valence electrons. The number of hydrogen-bond donors (Lipinski definition) is 1. The summed E-state index contributed by atoms with van der Waals surface area (Å²) in [5.41, 5.74) is 2.25. The van der Waals surface area contributed by atoms with Gasteiger partial charge in [0.2, 0.25) is 0 Å². The molecule has 7 nitrogen and oxygen atoms in total. The van der Waals surface area contributed by atoms with Gasteiger partial charge in [0.05, 0.1) is 19.3 Å². The number of aliphatic hydroxyl groups is 1. The highest BCUT2D eigenvalue weighted by atomic mass is 16.7. The molecule has 0 aromatic heterocycles. The zero-order valence-electron chi connectivity index (χ0n) is 23.1. The van der Waals surface area contributed by atoms with Crippen molar-refractivity contribution in [3.8, 4) is 0 Å². The summed E-state index contributed by atoms with van der Waals surface area (Å²) >= 11 is 0. The molecule has 2 fully saturated rings. The van der Waals surface area contributed by atoms with E-state index in [4.69, 9.17) is 18.9 Å². The fourth-order valence-corrected chi connectivity index (χ4v) is 5.41. The molecule has 2 unspecified atom stereocenters. The maximum Gasteiger partial charge on any atom is 0.305 e. The van der Waals surface area contributed by atoms with Crippen LogP contribution in [0.5, 0.6) is 0 Å². The maximum absolute atomic E-state index is 11.9. The molecular formula is C31H44O7. The first-order valence-corrected chi connectivity index (χ1v) is 13.9. The molecule has 1 aliphatic carbocycles. The van der Waals surface area contributed by atoms with Crippen molar-refractivity contribution >= 4 is 11.9 Å². The second kappa shape index (κ2) is 15.8. The lowest BCUT2D eigenvalue weighted by molar-refractivity contribution is -0.193. The van der Waals surface area contributed by atoms with Crippen molar-refractivity contribution in [1.82, 2.24) is 0 Å². The summed E-state index contributed by atoms with van der Waals surface area (Å²) in [6.45, 7) is 4.18. The Kier molecular flexibility index (Phi) is 12.5. The molecule has 7 heteroatoms. The largest absolute Gasteiger partial charge is 0.469 e. The quantitative estimate of drug-likeness (QED) is 0.213. The van der Waals surface area contributed by atoms with Gasteiger partial charge in [-0.3, -0.25) is 9.59 Å². The molecule has 1 saturated carbocycles. The van der Waals surface area contributed by atoms with Crippen molar-refractivity contribution in [1.29, 1.82) is 0 Å². The molecule has 6 atom stereocenters. The van der Waals surface area contributed by atoms with Crippen LogP contribution in [0.2, 0.25) is 0 Å². The standard InChI is InChI=1S/C31H44O7/c1-22-11-10-12-24(19-22)20-25(33)16-17-27-26(13-6-4-5-7-14-30(34)35-3)28(37-23(2)32)21-29(27)38-31-15-8-9-18-36-31/h4,6,10-12,16-17,19,25-29,31,33H,5,7-9,13-15,18,20-21H2,1-3H3/b6-4-,17-16+/t25?,26-,27-,28+,29-,31?/m1/s1. The Labute approximate surface area is 227 Å². The van der Waals surface area contributed by atoms with Crippen molar-refractivity contribution in [3.05, 3.63) is 59.7 Å². The van der Waals surface area contributed by atoms with Crippen molar-refractivity contribution in [3.63, 3.8) is 0 Å². The fourth-order valence-electron chi connectivity index (χ4n) is 5.41. The molecule has 1 N–H and O–H groups in total. The van der Waals surface area contributed by atoms with E-state index in [0.29, 0.717) is 32.3 Å². The smallest absolute Gasteiger partial charge is 0.305 e. The number of ether oxygens (including phenoxy) is 4. The third-order valence-corrected chi connectivity index (χ3v) is 7.28. The Morgan fingerprint density at radius 2 is 2.05 bits per heavy atom. The van der Waals surface area contributed by atoms with Gasteiger partial charge >= 0.3 is 11.9 Å². The summed E-state index contributed by atoms with van der Waals surface area (Å²) in [7, 11) is 1.40. The first-order chi connectivity index (χ1) is 18.4. The number of allylic oxidation sites excluding steroid dienone is 2. The van der Waals surface area contributed by atoms with Crippen molar-refractivity contribution in [2.24, 2.45) is 11.8 Å². The van der Waals surface area contributed by atoms with E-state index < -0.39 is 6.10 Å². The highest BCUT2D eigenvalue weighted by Gasteiger charge is 2.45. The summed E-state index contributed by atoms with van der Waals surface area (Å²) in [6, 6.07) is 8.16. The second-order valence-electron chi connectivity index (χ2n) is 10.4. The number of unbranched alkanes of at least 4 members (excludes halogenated alkanes) is 1. The van der Waals surface area contributed by atoms with Gasteiger partial charge in [-0.05, 0) is 51.0 Å². The summed E-state index contributed by atoms with van der Waals surface area (Å²) in [6.07, 6.45) is 13.4. The maximum atomic E-state index is 11.9. The van der Waals surface area contributed by atoms with E-state index in [1.807, 2.05) is 37.3 Å². The Bertz CT molecular complexity index is 934. The van der Waals surface area contributed by atoms with Gasteiger partial charge in [-0.25, -0.2) is 0 Å². The SMILES string of the molecule is COC(=O)CCC/C=C\C[C@@H]1[C@@H](/C=C/C(O)Cc2cccc(C)c2)[C@H](OC2CCCCO2)C[C@@H]1OC(C)=O. The molecule has 2 aliphatic rings. The topological polar surface area (TPSA) is 91.3 Å². The Hall–Kier alpha value is -2.48. The van der Waals surface area contributed by atoms with Crippen LogP contribution in [0.25, 0.3) is 0 Å². The number of aryl methyl sites for hydroxylation is 1. The number of carbonyl (C=O) groups excluding carboxylic acids is 2. The van der Waals surface area contributed by atoms with Crippen molar-refractivity contribution < 1.29 is 33.6 Å². The number of benzene rings is 1. The highest BCUT2D eigenvalue weighted by Crippen LogP contribution is 2.41. The van der Waals surface area contributed by atoms with Crippen molar-refractivity contribution in [2.75, 3.05) is 13.7 Å². The predicted octanol–water partition coefficient (Wildman–Crippen LogP) is 5.22. The summed E-state index contributed by atoms with van der Waals surface area (Å²) in [4.78, 5) is 23.3. The molecule has 1 aliphatic heterocycles. The molecule has 3 rings (SSSR count). The summed E-state index contributed by atoms with van der Waals surface area (Å²) < 4.78 is 22.8. The molecule has 0 radical (unpaired) electrons. The fraction of sp³-hybridized carbons (Fsp3) is 0.613. The normalized spacial score (nSPS) is 26.6. The zero-order valence-corrected chi connectivity index (χ0v) is 23.1. The number of aliphatic hydroxyl groups excluding tert-OH is 1. The minimum Gasteiger partial charge on any atom is -0.469 e. The van der Waals surface area contributed by atoms with E-state index in [1.54, 1.807) is 0 Å². The second-order valence-corrected chi connectivity index (χ2v) is 10.4. The minimum absolute atomic E-state index is 0.00627.